The van der Waals surface area contributed by atoms with E-state index in [0.717, 1.165) is 18.2 Å². The third-order valence-corrected chi connectivity index (χ3v) is 2.32. The second kappa shape index (κ2) is 5.35. The van der Waals surface area contributed by atoms with Crippen molar-refractivity contribution in [3.63, 3.8) is 0 Å². The number of nitrogens with zero attached hydrogens (tertiary/aromatic N) is 2. The summed E-state index contributed by atoms with van der Waals surface area (Å²) in [6, 6.07) is 4.25. The molecular weight excluding hydrogens is 296 g/mol. The fraction of sp³-hybridized carbons (Fsp3) is 0.0833. The Morgan fingerprint density at radius 2 is 1.86 bits per heavy atom. The molecule has 0 fully saturated rings. The van der Waals surface area contributed by atoms with E-state index in [9.17, 15) is 22.4 Å². The number of hydrogen-bond acceptors (Lipinski definition) is 4. The van der Waals surface area contributed by atoms with Gasteiger partial charge in [0.05, 0.1) is 5.56 Å². The third-order valence-electron chi connectivity index (χ3n) is 2.32. The highest BCUT2D eigenvalue weighted by Crippen LogP contribution is 2.34. The van der Waals surface area contributed by atoms with Crippen LogP contribution in [-0.2, 0) is 6.18 Å². The van der Waals surface area contributed by atoms with Crippen molar-refractivity contribution in [2.75, 3.05) is 0 Å². The third kappa shape index (κ3) is 3.44. The van der Waals surface area contributed by atoms with Crippen molar-refractivity contribution in [1.29, 1.82) is 0 Å². The monoisotopic (exact) mass is 302 g/mol. The number of ether oxygens (including phenoxy) is 1. The van der Waals surface area contributed by atoms with Crippen LogP contribution in [-0.4, -0.2) is 21.3 Å². The maximum atomic E-state index is 13.1. The second-order valence-corrected chi connectivity index (χ2v) is 3.80. The van der Waals surface area contributed by atoms with E-state index in [0.29, 0.717) is 12.1 Å². The molecule has 0 radical (unpaired) electrons. The van der Waals surface area contributed by atoms with Gasteiger partial charge in [-0.2, -0.15) is 13.2 Å². The molecule has 1 heterocycles. The molecule has 0 aliphatic carbocycles. The number of halogens is 4. The molecule has 21 heavy (non-hydrogen) atoms. The lowest BCUT2D eigenvalue weighted by atomic mass is 10.2. The first kappa shape index (κ1) is 14.7. The molecule has 0 saturated heterocycles. The lowest BCUT2D eigenvalue weighted by Crippen LogP contribution is -2.08. The van der Waals surface area contributed by atoms with Crippen molar-refractivity contribution in [3.8, 4) is 11.6 Å². The first-order valence-electron chi connectivity index (χ1n) is 5.39. The lowest BCUT2D eigenvalue weighted by molar-refractivity contribution is -0.140. The summed E-state index contributed by atoms with van der Waals surface area (Å²) in [5.74, 6) is -3.27. The summed E-state index contributed by atoms with van der Waals surface area (Å²) in [6.07, 6.45) is -4.86. The normalized spacial score (nSPS) is 11.2. The minimum atomic E-state index is -4.86. The molecule has 0 bridgehead atoms. The van der Waals surface area contributed by atoms with E-state index >= 15 is 0 Å². The highest BCUT2D eigenvalue weighted by atomic mass is 19.4. The maximum absolute atomic E-state index is 13.1. The Morgan fingerprint density at radius 1 is 1.14 bits per heavy atom. The van der Waals surface area contributed by atoms with Gasteiger partial charge in [0.15, 0.2) is 5.69 Å². The summed E-state index contributed by atoms with van der Waals surface area (Å²) in [5.41, 5.74) is -1.83. The van der Waals surface area contributed by atoms with Crippen molar-refractivity contribution in [1.82, 2.24) is 10.2 Å². The van der Waals surface area contributed by atoms with Gasteiger partial charge in [-0.25, -0.2) is 9.18 Å². The largest absolute Gasteiger partial charge is 0.476 e. The zero-order valence-electron chi connectivity index (χ0n) is 10.1. The van der Waals surface area contributed by atoms with Crippen LogP contribution in [0.5, 0.6) is 11.6 Å². The van der Waals surface area contributed by atoms with Crippen LogP contribution in [0.1, 0.15) is 16.1 Å². The standard InChI is InChI=1S/C12H6F4N2O3/c13-8-2-1-6(5-7(8)12(14,15)16)21-10-4-3-9(11(19)20)17-18-10/h1-5H,(H,19,20). The quantitative estimate of drug-likeness (QED) is 0.882. The number of alkyl halides is 3. The molecule has 0 unspecified atom stereocenters. The predicted molar refractivity (Wildman–Crippen MR) is 60.5 cm³/mol. The average molecular weight is 302 g/mol. The topological polar surface area (TPSA) is 72.3 Å². The molecular formula is C12H6F4N2O3. The summed E-state index contributed by atoms with van der Waals surface area (Å²) in [7, 11) is 0. The van der Waals surface area contributed by atoms with Crippen LogP contribution < -0.4 is 4.74 Å². The molecule has 2 aromatic rings. The summed E-state index contributed by atoms with van der Waals surface area (Å²) < 4.78 is 55.6. The molecule has 1 aromatic heterocycles. The number of carboxylic acid groups (broad SMARTS) is 1. The van der Waals surface area contributed by atoms with Crippen molar-refractivity contribution in [3.05, 3.63) is 47.4 Å². The second-order valence-electron chi connectivity index (χ2n) is 3.80. The number of rotatable bonds is 3. The SMILES string of the molecule is O=C(O)c1ccc(Oc2ccc(F)c(C(F)(F)F)c2)nn1. The van der Waals surface area contributed by atoms with E-state index < -0.39 is 23.5 Å². The van der Waals surface area contributed by atoms with Gasteiger partial charge in [0, 0.05) is 6.07 Å². The molecule has 0 atom stereocenters. The van der Waals surface area contributed by atoms with Gasteiger partial charge < -0.3 is 9.84 Å². The number of carbonyl (C=O) groups is 1. The lowest BCUT2D eigenvalue weighted by Gasteiger charge is -2.10. The molecule has 0 spiro atoms. The number of aromatic nitrogens is 2. The van der Waals surface area contributed by atoms with Crippen LogP contribution in [0.25, 0.3) is 0 Å². The van der Waals surface area contributed by atoms with E-state index in [1.54, 1.807) is 0 Å². The minimum absolute atomic E-state index is 0.222. The van der Waals surface area contributed by atoms with Gasteiger partial charge in [0.25, 0.3) is 0 Å². The summed E-state index contributed by atoms with van der Waals surface area (Å²) in [6.45, 7) is 0. The fourth-order valence-corrected chi connectivity index (χ4v) is 1.39. The predicted octanol–water partition coefficient (Wildman–Crippen LogP) is 3.13. The van der Waals surface area contributed by atoms with E-state index in [2.05, 4.69) is 10.2 Å². The van der Waals surface area contributed by atoms with Gasteiger partial charge in [-0.15, -0.1) is 10.2 Å². The van der Waals surface area contributed by atoms with Gasteiger partial charge in [-0.05, 0) is 24.3 Å². The average Bonchev–Trinajstić information content (AvgIpc) is 2.40. The Labute approximate surface area is 114 Å². The number of carboxylic acids is 1. The molecule has 0 aliphatic heterocycles. The van der Waals surface area contributed by atoms with Crippen LogP contribution in [0.15, 0.2) is 30.3 Å². The zero-order valence-corrected chi connectivity index (χ0v) is 10.1. The highest BCUT2D eigenvalue weighted by molar-refractivity contribution is 5.84. The van der Waals surface area contributed by atoms with Gasteiger partial charge in [-0.3, -0.25) is 0 Å². The highest BCUT2D eigenvalue weighted by Gasteiger charge is 2.34. The van der Waals surface area contributed by atoms with Crippen molar-refractivity contribution < 1.29 is 32.2 Å². The van der Waals surface area contributed by atoms with E-state index in [-0.39, 0.29) is 17.3 Å². The Kier molecular flexibility index (Phi) is 3.74. The summed E-state index contributed by atoms with van der Waals surface area (Å²) in [4.78, 5) is 10.6. The smallest absolute Gasteiger partial charge is 0.419 e. The van der Waals surface area contributed by atoms with Crippen LogP contribution in [0, 0.1) is 5.82 Å². The zero-order chi connectivity index (χ0) is 15.6. The van der Waals surface area contributed by atoms with Crippen LogP contribution in [0.4, 0.5) is 17.6 Å². The van der Waals surface area contributed by atoms with Gasteiger partial charge in [0.2, 0.25) is 5.88 Å². The van der Waals surface area contributed by atoms with Gasteiger partial charge in [-0.1, -0.05) is 0 Å². The molecule has 0 aliphatic rings. The molecule has 2 rings (SSSR count). The molecule has 0 amide bonds. The maximum Gasteiger partial charge on any atom is 0.419 e. The van der Waals surface area contributed by atoms with Crippen molar-refractivity contribution in [2.24, 2.45) is 0 Å². The van der Waals surface area contributed by atoms with E-state index in [4.69, 9.17) is 9.84 Å². The van der Waals surface area contributed by atoms with E-state index in [1.807, 2.05) is 0 Å². The first-order valence-corrected chi connectivity index (χ1v) is 5.39. The van der Waals surface area contributed by atoms with E-state index in [1.165, 1.54) is 0 Å². The number of hydrogen-bond donors (Lipinski definition) is 1. The van der Waals surface area contributed by atoms with Crippen molar-refractivity contribution >= 4 is 5.97 Å². The number of aromatic carboxylic acids is 1. The van der Waals surface area contributed by atoms with Gasteiger partial charge >= 0.3 is 12.1 Å². The minimum Gasteiger partial charge on any atom is -0.476 e. The Balaban J connectivity index is 2.26. The van der Waals surface area contributed by atoms with Crippen molar-refractivity contribution in [2.45, 2.75) is 6.18 Å². The fourth-order valence-electron chi connectivity index (χ4n) is 1.39. The molecule has 110 valence electrons. The Hall–Kier alpha value is -2.71. The van der Waals surface area contributed by atoms with Crippen LogP contribution in [0.2, 0.25) is 0 Å². The molecule has 1 N–H and O–H groups in total. The molecule has 0 saturated carbocycles. The van der Waals surface area contributed by atoms with Crippen LogP contribution in [0.3, 0.4) is 0 Å². The number of benzene rings is 1. The summed E-state index contributed by atoms with van der Waals surface area (Å²) in [5, 5.41) is 15.3. The Morgan fingerprint density at radius 3 is 2.38 bits per heavy atom. The summed E-state index contributed by atoms with van der Waals surface area (Å²) >= 11 is 0. The van der Waals surface area contributed by atoms with Gasteiger partial charge in [0.1, 0.15) is 11.6 Å². The molecule has 9 heteroatoms. The first-order chi connectivity index (χ1) is 9.77. The molecule has 1 aromatic carbocycles. The Bertz CT molecular complexity index is 671. The molecule has 5 nitrogen and oxygen atoms in total. The van der Waals surface area contributed by atoms with Crippen LogP contribution >= 0.6 is 0 Å².